The van der Waals surface area contributed by atoms with Gasteiger partial charge in [0.05, 0.1) is 38.2 Å². The maximum Gasteiger partial charge on any atom is 0.347 e. The first kappa shape index (κ1) is 32.1. The van der Waals surface area contributed by atoms with E-state index >= 15 is 0 Å². The van der Waals surface area contributed by atoms with Crippen molar-refractivity contribution in [3.8, 4) is 11.5 Å². The summed E-state index contributed by atoms with van der Waals surface area (Å²) in [5.41, 5.74) is 3.34. The standard InChI is InChI=1S/C21H25N3O4.C6H12O7/c1-4-28-19-8-14-15-7-13(25)5-6-17(15)23-20(16(14)9-18(19)27-3)12-10-22-21(26)24(2)11-12;7-1-2(8)3(9)4(10)5(11)6(12)13/h8-11,13,15,17,25H,4-7H2,1-3H3;2-5,7-11H,1H2,(H,12,13)/t13-,15-,17-;2-,3-,4+,5-/m11/s1. The zero-order chi connectivity index (χ0) is 30.4. The van der Waals surface area contributed by atoms with Crippen LogP contribution in [0.1, 0.15) is 48.8 Å². The number of aliphatic hydroxyl groups is 6. The molecule has 1 aliphatic heterocycles. The third kappa shape index (κ3) is 7.28. The van der Waals surface area contributed by atoms with E-state index in [1.807, 2.05) is 19.1 Å². The van der Waals surface area contributed by atoms with Gasteiger partial charge in [-0.2, -0.15) is 0 Å². The lowest BCUT2D eigenvalue weighted by atomic mass is 9.74. The van der Waals surface area contributed by atoms with Crippen molar-refractivity contribution in [2.75, 3.05) is 20.3 Å². The van der Waals surface area contributed by atoms with Gasteiger partial charge in [-0.25, -0.2) is 14.6 Å². The molecule has 1 aliphatic carbocycles. The van der Waals surface area contributed by atoms with E-state index in [4.69, 9.17) is 45.1 Å². The summed E-state index contributed by atoms with van der Waals surface area (Å²) < 4.78 is 12.8. The second-order valence-corrected chi connectivity index (χ2v) is 9.89. The van der Waals surface area contributed by atoms with E-state index in [-0.39, 0.29) is 23.8 Å². The molecule has 4 rings (SSSR count). The number of carboxylic acids is 1. The summed E-state index contributed by atoms with van der Waals surface area (Å²) >= 11 is 0. The largest absolute Gasteiger partial charge is 0.493 e. The second-order valence-electron chi connectivity index (χ2n) is 9.89. The van der Waals surface area contributed by atoms with Gasteiger partial charge in [-0.3, -0.25) is 4.99 Å². The number of aryl methyl sites for hydroxylation is 1. The number of aliphatic imine (C=N–C) groups is 1. The number of aliphatic hydroxyl groups excluding tert-OH is 6. The van der Waals surface area contributed by atoms with Gasteiger partial charge in [0, 0.05) is 36.5 Å². The average Bonchev–Trinajstić information content (AvgIpc) is 2.96. The molecule has 2 aliphatic rings. The van der Waals surface area contributed by atoms with Gasteiger partial charge in [-0.05, 0) is 43.9 Å². The van der Waals surface area contributed by atoms with Crippen LogP contribution in [-0.2, 0) is 11.8 Å². The Kier molecular flexibility index (Phi) is 11.0. The van der Waals surface area contributed by atoms with Crippen molar-refractivity contribution in [3.05, 3.63) is 51.7 Å². The van der Waals surface area contributed by atoms with Gasteiger partial charge < -0.3 is 49.8 Å². The van der Waals surface area contributed by atoms with E-state index in [1.165, 1.54) is 4.57 Å². The number of rotatable bonds is 9. The summed E-state index contributed by atoms with van der Waals surface area (Å²) in [4.78, 5) is 30.8. The maximum absolute atomic E-state index is 11.7. The second kappa shape index (κ2) is 14.0. The van der Waals surface area contributed by atoms with Crippen LogP contribution in [0, 0.1) is 0 Å². The van der Waals surface area contributed by atoms with Crippen molar-refractivity contribution in [1.82, 2.24) is 9.55 Å². The Morgan fingerprint density at radius 2 is 1.85 bits per heavy atom. The molecule has 0 spiro atoms. The SMILES string of the molecule is CCOc1cc2c(cc1OC)C(c1cnc(=O)n(C)c1)=N[C@@H]1CC[C@@H](O)C[C@H]21.O=C(O)[C@H](O)[C@@H](O)[C@H](O)[C@H](O)CO. The number of carboxylic acid groups (broad SMARTS) is 1. The molecule has 0 saturated heterocycles. The number of aromatic nitrogens is 2. The van der Waals surface area contributed by atoms with Gasteiger partial charge in [-0.1, -0.05) is 0 Å². The molecule has 41 heavy (non-hydrogen) atoms. The van der Waals surface area contributed by atoms with Crippen LogP contribution in [0.2, 0.25) is 0 Å². The lowest BCUT2D eigenvalue weighted by Gasteiger charge is -2.37. The van der Waals surface area contributed by atoms with Gasteiger partial charge in [0.15, 0.2) is 17.6 Å². The van der Waals surface area contributed by atoms with Gasteiger partial charge >= 0.3 is 11.7 Å². The Balaban J connectivity index is 0.000000302. The molecular weight excluding hydrogens is 542 g/mol. The van der Waals surface area contributed by atoms with Crippen LogP contribution in [0.5, 0.6) is 11.5 Å². The molecule has 0 amide bonds. The lowest BCUT2D eigenvalue weighted by molar-refractivity contribution is -0.164. The molecule has 1 saturated carbocycles. The normalized spacial score (nSPS) is 22.5. The first-order valence-electron chi connectivity index (χ1n) is 13.1. The van der Waals surface area contributed by atoms with Crippen molar-refractivity contribution in [2.24, 2.45) is 12.0 Å². The van der Waals surface area contributed by atoms with E-state index in [9.17, 15) is 14.7 Å². The fourth-order valence-electron chi connectivity index (χ4n) is 4.91. The van der Waals surface area contributed by atoms with Crippen LogP contribution >= 0.6 is 0 Å². The molecule has 1 fully saturated rings. The van der Waals surface area contributed by atoms with E-state index < -0.39 is 37.0 Å². The molecule has 2 heterocycles. The number of carbonyl (C=O) groups is 1. The molecule has 7 N–H and O–H groups in total. The minimum Gasteiger partial charge on any atom is -0.493 e. The summed E-state index contributed by atoms with van der Waals surface area (Å²) in [6, 6.07) is 4.06. The Labute approximate surface area is 235 Å². The highest BCUT2D eigenvalue weighted by Crippen LogP contribution is 2.44. The number of hydrogen-bond donors (Lipinski definition) is 7. The summed E-state index contributed by atoms with van der Waals surface area (Å²) in [6.45, 7) is 1.64. The molecule has 2 aromatic rings. The van der Waals surface area contributed by atoms with Crippen LogP contribution in [0.15, 0.2) is 34.3 Å². The third-order valence-corrected chi connectivity index (χ3v) is 7.10. The number of benzene rings is 1. The molecule has 14 heteroatoms. The van der Waals surface area contributed by atoms with Crippen LogP contribution in [0.25, 0.3) is 0 Å². The van der Waals surface area contributed by atoms with Crippen LogP contribution in [0.4, 0.5) is 0 Å². The quantitative estimate of drug-likeness (QED) is 0.181. The molecule has 226 valence electrons. The first-order valence-corrected chi connectivity index (χ1v) is 13.1. The van der Waals surface area contributed by atoms with Gasteiger partial charge in [0.1, 0.15) is 18.3 Å². The number of ether oxygens (including phenoxy) is 2. The van der Waals surface area contributed by atoms with Gasteiger partial charge in [0.25, 0.3) is 0 Å². The topological polar surface area (TPSA) is 224 Å². The zero-order valence-corrected chi connectivity index (χ0v) is 23.0. The van der Waals surface area contributed by atoms with E-state index in [0.29, 0.717) is 24.5 Å². The summed E-state index contributed by atoms with van der Waals surface area (Å²) in [6.07, 6.45) is -2.57. The van der Waals surface area contributed by atoms with Crippen LogP contribution < -0.4 is 15.2 Å². The lowest BCUT2D eigenvalue weighted by Crippen LogP contribution is -2.48. The Bertz CT molecular complexity index is 1300. The molecule has 0 bridgehead atoms. The predicted octanol–water partition coefficient (Wildman–Crippen LogP) is -1.46. The number of hydrogen-bond acceptors (Lipinski definition) is 12. The number of methoxy groups -OCH3 is 1. The van der Waals surface area contributed by atoms with Crippen LogP contribution in [-0.4, -0.2) is 114 Å². The van der Waals surface area contributed by atoms with Crippen molar-refractivity contribution < 1.29 is 50.0 Å². The minimum atomic E-state index is -2.20. The van der Waals surface area contributed by atoms with Crippen molar-refractivity contribution in [2.45, 2.75) is 68.7 Å². The highest BCUT2D eigenvalue weighted by atomic mass is 16.5. The molecule has 0 radical (unpaired) electrons. The smallest absolute Gasteiger partial charge is 0.347 e. The molecule has 1 aromatic heterocycles. The molecule has 14 nitrogen and oxygen atoms in total. The van der Waals surface area contributed by atoms with E-state index in [1.54, 1.807) is 26.6 Å². The number of fused-ring (bicyclic) bond motifs is 3. The van der Waals surface area contributed by atoms with Crippen molar-refractivity contribution in [1.29, 1.82) is 0 Å². The minimum absolute atomic E-state index is 0.0889. The number of nitrogens with zero attached hydrogens (tertiary/aromatic N) is 3. The van der Waals surface area contributed by atoms with Crippen molar-refractivity contribution >= 4 is 11.7 Å². The monoisotopic (exact) mass is 579 g/mol. The average molecular weight is 580 g/mol. The van der Waals surface area contributed by atoms with Crippen molar-refractivity contribution in [3.63, 3.8) is 0 Å². The molecule has 1 aromatic carbocycles. The highest BCUT2D eigenvalue weighted by molar-refractivity contribution is 6.14. The van der Waals surface area contributed by atoms with Crippen LogP contribution in [0.3, 0.4) is 0 Å². The highest BCUT2D eigenvalue weighted by Gasteiger charge is 2.37. The molecular formula is C27H37N3O11. The third-order valence-electron chi connectivity index (χ3n) is 7.10. The number of aliphatic carboxylic acids is 1. The Morgan fingerprint density at radius 1 is 1.15 bits per heavy atom. The summed E-state index contributed by atoms with van der Waals surface area (Å²) in [5.74, 6) is -0.256. The zero-order valence-electron chi connectivity index (χ0n) is 23.0. The van der Waals surface area contributed by atoms with E-state index in [2.05, 4.69) is 4.98 Å². The first-order chi connectivity index (χ1) is 19.4. The fraction of sp³-hybridized carbons (Fsp3) is 0.556. The summed E-state index contributed by atoms with van der Waals surface area (Å²) in [5, 5.41) is 62.1. The van der Waals surface area contributed by atoms with Gasteiger partial charge in [0.2, 0.25) is 0 Å². The Hall–Kier alpha value is -3.40. The van der Waals surface area contributed by atoms with E-state index in [0.717, 1.165) is 35.2 Å². The molecule has 0 unspecified atom stereocenters. The fourth-order valence-corrected chi connectivity index (χ4v) is 4.91. The van der Waals surface area contributed by atoms with Gasteiger partial charge in [-0.15, -0.1) is 0 Å². The maximum atomic E-state index is 11.7. The summed E-state index contributed by atoms with van der Waals surface area (Å²) in [7, 11) is 3.30. The Morgan fingerprint density at radius 3 is 2.44 bits per heavy atom. The molecule has 7 atom stereocenters. The predicted molar refractivity (Wildman–Crippen MR) is 144 cm³/mol.